The second-order valence-corrected chi connectivity index (χ2v) is 6.69. The van der Waals surface area contributed by atoms with Gasteiger partial charge in [-0.2, -0.15) is 0 Å². The third kappa shape index (κ3) is 1.82. The van der Waals surface area contributed by atoms with Gasteiger partial charge in [-0.3, -0.25) is 0 Å². The molecule has 4 bridgehead atoms. The van der Waals surface area contributed by atoms with E-state index in [1.807, 2.05) is 0 Å². The van der Waals surface area contributed by atoms with E-state index in [1.54, 1.807) is 0 Å². The fourth-order valence-electron chi connectivity index (χ4n) is 5.12. The number of nitrogens with zero attached hydrogens (tertiary/aromatic N) is 2. The number of rotatable bonds is 3. The summed E-state index contributed by atoms with van der Waals surface area (Å²) in [5, 5.41) is 18.5. The maximum absolute atomic E-state index is 10.6. The first kappa shape index (κ1) is 11.9. The number of hydrogen-bond donors (Lipinski definition) is 2. The maximum Gasteiger partial charge on any atom is 0.245 e. The van der Waals surface area contributed by atoms with Crippen molar-refractivity contribution < 1.29 is 9.52 Å². The molecule has 5 heteroatoms. The fourth-order valence-corrected chi connectivity index (χ4v) is 5.12. The van der Waals surface area contributed by atoms with E-state index >= 15 is 0 Å². The topological polar surface area (TPSA) is 85.2 Å². The summed E-state index contributed by atoms with van der Waals surface area (Å²) in [6.07, 6.45) is 5.97. The normalized spacial score (nSPS) is 41.7. The highest BCUT2D eigenvalue weighted by atomic mass is 16.4. The first-order chi connectivity index (χ1) is 9.24. The summed E-state index contributed by atoms with van der Waals surface area (Å²) in [5.74, 6) is 4.23. The van der Waals surface area contributed by atoms with Gasteiger partial charge in [-0.05, 0) is 61.7 Å². The number of hydrogen-bond acceptors (Lipinski definition) is 5. The SMILES string of the molecule is NCc1nnc(C(O)C2C3CC4CC(C3)CC2C4)o1. The zero-order valence-electron chi connectivity index (χ0n) is 11.0. The molecule has 4 aliphatic rings. The second kappa shape index (κ2) is 4.28. The summed E-state index contributed by atoms with van der Waals surface area (Å²) in [6, 6.07) is 0. The van der Waals surface area contributed by atoms with Crippen molar-refractivity contribution in [3.05, 3.63) is 11.8 Å². The Morgan fingerprint density at radius 2 is 1.74 bits per heavy atom. The van der Waals surface area contributed by atoms with Gasteiger partial charge in [0.25, 0.3) is 0 Å². The van der Waals surface area contributed by atoms with Crippen LogP contribution in [0.5, 0.6) is 0 Å². The van der Waals surface area contributed by atoms with Gasteiger partial charge in [-0.1, -0.05) is 0 Å². The Labute approximate surface area is 112 Å². The Hall–Kier alpha value is -0.940. The van der Waals surface area contributed by atoms with Gasteiger partial charge in [-0.15, -0.1) is 10.2 Å². The molecule has 0 spiro atoms. The smallest absolute Gasteiger partial charge is 0.245 e. The lowest BCUT2D eigenvalue weighted by molar-refractivity contribution is -0.0976. The molecule has 104 valence electrons. The van der Waals surface area contributed by atoms with Crippen LogP contribution in [0.25, 0.3) is 0 Å². The summed E-state index contributed by atoms with van der Waals surface area (Å²) in [6.45, 7) is 0.237. The van der Waals surface area contributed by atoms with E-state index in [4.69, 9.17) is 10.2 Å². The van der Waals surface area contributed by atoms with E-state index < -0.39 is 6.10 Å². The molecule has 1 aromatic rings. The van der Waals surface area contributed by atoms with E-state index in [0.717, 1.165) is 11.8 Å². The van der Waals surface area contributed by atoms with Crippen molar-refractivity contribution in [2.24, 2.45) is 35.3 Å². The summed E-state index contributed by atoms with van der Waals surface area (Å²) in [4.78, 5) is 0. The number of aliphatic hydroxyl groups excluding tert-OH is 1. The summed E-state index contributed by atoms with van der Waals surface area (Å²) < 4.78 is 5.45. The molecule has 5 rings (SSSR count). The van der Waals surface area contributed by atoms with Crippen LogP contribution in [0.2, 0.25) is 0 Å². The Morgan fingerprint density at radius 1 is 1.11 bits per heavy atom. The predicted molar refractivity (Wildman–Crippen MR) is 67.7 cm³/mol. The molecule has 1 atom stereocenters. The highest BCUT2D eigenvalue weighted by Crippen LogP contribution is 2.59. The molecule has 4 aliphatic carbocycles. The van der Waals surface area contributed by atoms with E-state index in [1.165, 1.54) is 32.1 Å². The third-order valence-electron chi connectivity index (χ3n) is 5.57. The van der Waals surface area contributed by atoms with Crippen molar-refractivity contribution in [2.45, 2.75) is 44.8 Å². The molecule has 5 nitrogen and oxygen atoms in total. The van der Waals surface area contributed by atoms with E-state index in [-0.39, 0.29) is 6.54 Å². The third-order valence-corrected chi connectivity index (χ3v) is 5.57. The van der Waals surface area contributed by atoms with Crippen LogP contribution in [0.15, 0.2) is 4.42 Å². The highest BCUT2D eigenvalue weighted by Gasteiger charge is 2.51. The number of aliphatic hydroxyl groups is 1. The standard InChI is InChI=1S/C14H21N3O2/c15-6-11-16-17-14(19-11)13(18)12-9-2-7-1-8(4-9)5-10(12)3-7/h7-10,12-13,18H,1-6,15H2. The molecule has 4 saturated carbocycles. The first-order valence-electron chi connectivity index (χ1n) is 7.45. The molecular weight excluding hydrogens is 242 g/mol. The van der Waals surface area contributed by atoms with Crippen molar-refractivity contribution in [1.82, 2.24) is 10.2 Å². The number of aromatic nitrogens is 2. The zero-order valence-corrected chi connectivity index (χ0v) is 11.0. The van der Waals surface area contributed by atoms with Crippen LogP contribution in [0, 0.1) is 29.6 Å². The van der Waals surface area contributed by atoms with Crippen molar-refractivity contribution in [3.63, 3.8) is 0 Å². The summed E-state index contributed by atoms with van der Waals surface area (Å²) in [5.41, 5.74) is 5.48. The van der Waals surface area contributed by atoms with Gasteiger partial charge < -0.3 is 15.3 Å². The van der Waals surface area contributed by atoms with Gasteiger partial charge in [0.1, 0.15) is 6.10 Å². The van der Waals surface area contributed by atoms with Crippen molar-refractivity contribution >= 4 is 0 Å². The molecule has 3 N–H and O–H groups in total. The minimum atomic E-state index is -0.595. The molecule has 0 aromatic carbocycles. The van der Waals surface area contributed by atoms with Crippen LogP contribution < -0.4 is 5.73 Å². The first-order valence-corrected chi connectivity index (χ1v) is 7.45. The zero-order chi connectivity index (χ0) is 13.0. The minimum Gasteiger partial charge on any atom is -0.421 e. The Morgan fingerprint density at radius 3 is 2.26 bits per heavy atom. The van der Waals surface area contributed by atoms with Crippen LogP contribution in [-0.2, 0) is 6.54 Å². The molecular formula is C14H21N3O2. The van der Waals surface area contributed by atoms with Gasteiger partial charge in [0.05, 0.1) is 6.54 Å². The van der Waals surface area contributed by atoms with Crippen LogP contribution >= 0.6 is 0 Å². The lowest BCUT2D eigenvalue weighted by Crippen LogP contribution is -2.47. The van der Waals surface area contributed by atoms with E-state index in [2.05, 4.69) is 10.2 Å². The van der Waals surface area contributed by atoms with Crippen molar-refractivity contribution in [1.29, 1.82) is 0 Å². The van der Waals surface area contributed by atoms with Crippen LogP contribution in [0.3, 0.4) is 0 Å². The fraction of sp³-hybridized carbons (Fsp3) is 0.857. The minimum absolute atomic E-state index is 0.237. The monoisotopic (exact) mass is 263 g/mol. The van der Waals surface area contributed by atoms with Gasteiger partial charge >= 0.3 is 0 Å². The van der Waals surface area contributed by atoms with Gasteiger partial charge in [0, 0.05) is 0 Å². The van der Waals surface area contributed by atoms with Gasteiger partial charge in [-0.25, -0.2) is 0 Å². The molecule has 0 saturated heterocycles. The lowest BCUT2D eigenvalue weighted by atomic mass is 9.51. The highest BCUT2D eigenvalue weighted by molar-refractivity contribution is 5.03. The largest absolute Gasteiger partial charge is 0.421 e. The second-order valence-electron chi connectivity index (χ2n) is 6.69. The Kier molecular flexibility index (Phi) is 2.67. The molecule has 0 aliphatic heterocycles. The Bertz CT molecular complexity index is 445. The molecule has 1 aromatic heterocycles. The maximum atomic E-state index is 10.6. The van der Waals surface area contributed by atoms with Crippen LogP contribution in [0.1, 0.15) is 50.0 Å². The lowest BCUT2D eigenvalue weighted by Gasteiger charge is -2.55. The van der Waals surface area contributed by atoms with Gasteiger partial charge in [0.2, 0.25) is 11.8 Å². The van der Waals surface area contributed by atoms with Crippen LogP contribution in [0.4, 0.5) is 0 Å². The molecule has 0 amide bonds. The summed E-state index contributed by atoms with van der Waals surface area (Å²) in [7, 11) is 0. The van der Waals surface area contributed by atoms with Gasteiger partial charge in [0.15, 0.2) is 0 Å². The summed E-state index contributed by atoms with van der Waals surface area (Å²) >= 11 is 0. The predicted octanol–water partition coefficient (Wildman–Crippen LogP) is 1.63. The molecule has 19 heavy (non-hydrogen) atoms. The molecule has 1 heterocycles. The van der Waals surface area contributed by atoms with E-state index in [0.29, 0.717) is 29.5 Å². The van der Waals surface area contributed by atoms with E-state index in [9.17, 15) is 5.11 Å². The molecule has 4 fully saturated rings. The average molecular weight is 263 g/mol. The van der Waals surface area contributed by atoms with Crippen LogP contribution in [-0.4, -0.2) is 15.3 Å². The van der Waals surface area contributed by atoms with Crippen molar-refractivity contribution in [3.8, 4) is 0 Å². The molecule has 0 radical (unpaired) electrons. The molecule has 1 unspecified atom stereocenters. The quantitative estimate of drug-likeness (QED) is 0.865. The van der Waals surface area contributed by atoms with Crippen molar-refractivity contribution in [2.75, 3.05) is 0 Å². The Balaban J connectivity index is 1.58. The number of nitrogens with two attached hydrogens (primary N) is 1. The average Bonchev–Trinajstić information content (AvgIpc) is 2.86.